The van der Waals surface area contributed by atoms with Crippen molar-refractivity contribution in [1.29, 1.82) is 0 Å². The molecule has 1 rings (SSSR count). The Bertz CT molecular complexity index is 207. The standard InChI is InChI=1S/C10H19NO2S/c1-10(2,3)9(12)13-11-5-8(6-11)7-14-4/h8H,5-7H2,1-4H3. The van der Waals surface area contributed by atoms with Gasteiger partial charge in [-0.05, 0) is 38.7 Å². The van der Waals surface area contributed by atoms with Crippen LogP contribution in [0.3, 0.4) is 0 Å². The summed E-state index contributed by atoms with van der Waals surface area (Å²) in [6.07, 6.45) is 2.10. The van der Waals surface area contributed by atoms with E-state index in [-0.39, 0.29) is 5.97 Å². The Labute approximate surface area is 90.1 Å². The maximum atomic E-state index is 11.5. The first-order chi connectivity index (χ1) is 6.43. The van der Waals surface area contributed by atoms with Crippen molar-refractivity contribution in [3.05, 3.63) is 0 Å². The highest BCUT2D eigenvalue weighted by molar-refractivity contribution is 7.98. The molecule has 0 amide bonds. The van der Waals surface area contributed by atoms with Gasteiger partial charge in [0.25, 0.3) is 0 Å². The molecule has 14 heavy (non-hydrogen) atoms. The maximum absolute atomic E-state index is 11.5. The Morgan fingerprint density at radius 2 is 2.07 bits per heavy atom. The van der Waals surface area contributed by atoms with E-state index < -0.39 is 5.41 Å². The predicted molar refractivity (Wildman–Crippen MR) is 59.0 cm³/mol. The summed E-state index contributed by atoms with van der Waals surface area (Å²) in [5.41, 5.74) is -0.398. The number of hydrogen-bond acceptors (Lipinski definition) is 4. The van der Waals surface area contributed by atoms with Gasteiger partial charge in [0.1, 0.15) is 0 Å². The molecule has 4 heteroatoms. The summed E-state index contributed by atoms with van der Waals surface area (Å²) in [5, 5.41) is 1.76. The average Bonchev–Trinajstić information content (AvgIpc) is 1.98. The van der Waals surface area contributed by atoms with E-state index in [1.807, 2.05) is 32.5 Å². The molecule has 1 heterocycles. The lowest BCUT2D eigenvalue weighted by molar-refractivity contribution is -0.226. The topological polar surface area (TPSA) is 29.5 Å². The lowest BCUT2D eigenvalue weighted by Gasteiger charge is -2.38. The van der Waals surface area contributed by atoms with Gasteiger partial charge in [0.15, 0.2) is 0 Å². The second-order valence-electron chi connectivity index (χ2n) is 4.80. The number of nitrogens with zero attached hydrogens (tertiary/aromatic N) is 1. The summed E-state index contributed by atoms with van der Waals surface area (Å²) in [5.74, 6) is 1.71. The van der Waals surface area contributed by atoms with E-state index in [2.05, 4.69) is 6.26 Å². The highest BCUT2D eigenvalue weighted by Crippen LogP contribution is 2.22. The second kappa shape index (κ2) is 4.53. The highest BCUT2D eigenvalue weighted by atomic mass is 32.2. The van der Waals surface area contributed by atoms with Gasteiger partial charge in [-0.15, -0.1) is 5.06 Å². The first-order valence-electron chi connectivity index (χ1n) is 4.89. The van der Waals surface area contributed by atoms with E-state index in [1.54, 1.807) is 5.06 Å². The molecule has 0 bridgehead atoms. The van der Waals surface area contributed by atoms with Gasteiger partial charge in [-0.25, -0.2) is 4.79 Å². The fourth-order valence-electron chi connectivity index (χ4n) is 1.19. The molecule has 1 aliphatic heterocycles. The van der Waals surface area contributed by atoms with E-state index in [4.69, 9.17) is 4.84 Å². The number of hydroxylamine groups is 2. The van der Waals surface area contributed by atoms with Crippen molar-refractivity contribution in [2.24, 2.45) is 11.3 Å². The second-order valence-corrected chi connectivity index (χ2v) is 5.71. The van der Waals surface area contributed by atoms with Crippen LogP contribution in [0, 0.1) is 11.3 Å². The van der Waals surface area contributed by atoms with E-state index in [0.717, 1.165) is 18.8 Å². The Balaban J connectivity index is 2.20. The molecule has 1 fully saturated rings. The zero-order valence-electron chi connectivity index (χ0n) is 9.37. The largest absolute Gasteiger partial charge is 0.367 e. The van der Waals surface area contributed by atoms with Gasteiger partial charge in [0, 0.05) is 13.1 Å². The molecule has 3 nitrogen and oxygen atoms in total. The molecule has 0 unspecified atom stereocenters. The van der Waals surface area contributed by atoms with Gasteiger partial charge in [-0.1, -0.05) is 0 Å². The SMILES string of the molecule is CSCC1CN(OC(=O)C(C)(C)C)C1. The summed E-state index contributed by atoms with van der Waals surface area (Å²) in [6.45, 7) is 7.39. The van der Waals surface area contributed by atoms with Gasteiger partial charge < -0.3 is 4.84 Å². The minimum atomic E-state index is -0.398. The molecular weight excluding hydrogens is 198 g/mol. The van der Waals surface area contributed by atoms with Crippen LogP contribution in [-0.4, -0.2) is 36.1 Å². The number of carbonyl (C=O) groups is 1. The minimum absolute atomic E-state index is 0.139. The summed E-state index contributed by atoms with van der Waals surface area (Å²) in [4.78, 5) is 16.7. The first kappa shape index (κ1) is 11.9. The van der Waals surface area contributed by atoms with Crippen LogP contribution in [0.15, 0.2) is 0 Å². The van der Waals surface area contributed by atoms with Gasteiger partial charge in [-0.3, -0.25) is 0 Å². The lowest BCUT2D eigenvalue weighted by atomic mass is 9.97. The quantitative estimate of drug-likeness (QED) is 0.721. The molecular formula is C10H19NO2S. The average molecular weight is 217 g/mol. The Morgan fingerprint density at radius 1 is 1.50 bits per heavy atom. The molecule has 0 aromatic rings. The number of thioether (sulfide) groups is 1. The van der Waals surface area contributed by atoms with Crippen LogP contribution in [-0.2, 0) is 9.63 Å². The number of carbonyl (C=O) groups excluding carboxylic acids is 1. The fraction of sp³-hybridized carbons (Fsp3) is 0.900. The summed E-state index contributed by atoms with van der Waals surface area (Å²) in [6, 6.07) is 0. The molecule has 0 aromatic carbocycles. The van der Waals surface area contributed by atoms with E-state index in [0.29, 0.717) is 5.92 Å². The first-order valence-corrected chi connectivity index (χ1v) is 6.29. The van der Waals surface area contributed by atoms with Crippen molar-refractivity contribution in [1.82, 2.24) is 5.06 Å². The third-order valence-corrected chi connectivity index (χ3v) is 2.96. The van der Waals surface area contributed by atoms with Gasteiger partial charge >= 0.3 is 5.97 Å². The van der Waals surface area contributed by atoms with Crippen LogP contribution in [0.4, 0.5) is 0 Å². The number of rotatable bonds is 3. The minimum Gasteiger partial charge on any atom is -0.367 e. The summed E-state index contributed by atoms with van der Waals surface area (Å²) >= 11 is 1.84. The molecule has 0 saturated carbocycles. The molecule has 0 radical (unpaired) electrons. The highest BCUT2D eigenvalue weighted by Gasteiger charge is 2.32. The molecule has 0 N–H and O–H groups in total. The van der Waals surface area contributed by atoms with Crippen LogP contribution >= 0.6 is 11.8 Å². The molecule has 0 spiro atoms. The van der Waals surface area contributed by atoms with E-state index in [1.165, 1.54) is 0 Å². The third kappa shape index (κ3) is 3.17. The molecule has 0 aliphatic carbocycles. The van der Waals surface area contributed by atoms with Crippen LogP contribution in [0.2, 0.25) is 0 Å². The Morgan fingerprint density at radius 3 is 2.50 bits per heavy atom. The van der Waals surface area contributed by atoms with Crippen LogP contribution in [0.25, 0.3) is 0 Å². The molecule has 1 aliphatic rings. The molecule has 0 atom stereocenters. The van der Waals surface area contributed by atoms with Gasteiger partial charge in [-0.2, -0.15) is 11.8 Å². The zero-order chi connectivity index (χ0) is 10.8. The monoisotopic (exact) mass is 217 g/mol. The smallest absolute Gasteiger partial charge is 0.330 e. The predicted octanol–water partition coefficient (Wildman–Crippen LogP) is 1.79. The van der Waals surface area contributed by atoms with E-state index >= 15 is 0 Å². The van der Waals surface area contributed by atoms with Crippen molar-refractivity contribution in [2.75, 3.05) is 25.1 Å². The third-order valence-electron chi connectivity index (χ3n) is 2.15. The number of hydrogen-bond donors (Lipinski definition) is 0. The molecule has 0 aromatic heterocycles. The van der Waals surface area contributed by atoms with Gasteiger partial charge in [0.2, 0.25) is 0 Å². The van der Waals surface area contributed by atoms with Crippen molar-refractivity contribution in [3.63, 3.8) is 0 Å². The molecule has 82 valence electrons. The lowest BCUT2D eigenvalue weighted by Crippen LogP contribution is -2.49. The van der Waals surface area contributed by atoms with Crippen molar-refractivity contribution in [2.45, 2.75) is 20.8 Å². The Kier molecular flexibility index (Phi) is 3.84. The van der Waals surface area contributed by atoms with Crippen LogP contribution in [0.1, 0.15) is 20.8 Å². The van der Waals surface area contributed by atoms with Crippen molar-refractivity contribution in [3.8, 4) is 0 Å². The fourth-order valence-corrected chi connectivity index (χ4v) is 1.87. The normalized spacial score (nSPS) is 19.1. The van der Waals surface area contributed by atoms with E-state index in [9.17, 15) is 4.79 Å². The van der Waals surface area contributed by atoms with Crippen LogP contribution < -0.4 is 0 Å². The summed E-state index contributed by atoms with van der Waals surface area (Å²) < 4.78 is 0. The summed E-state index contributed by atoms with van der Waals surface area (Å²) in [7, 11) is 0. The van der Waals surface area contributed by atoms with Gasteiger partial charge in [0.05, 0.1) is 5.41 Å². The van der Waals surface area contributed by atoms with Crippen molar-refractivity contribution < 1.29 is 9.63 Å². The molecule has 1 saturated heterocycles. The maximum Gasteiger partial charge on any atom is 0.330 e. The van der Waals surface area contributed by atoms with Crippen LogP contribution in [0.5, 0.6) is 0 Å². The van der Waals surface area contributed by atoms with Crippen molar-refractivity contribution >= 4 is 17.7 Å². The Hall–Kier alpha value is -0.220. The zero-order valence-corrected chi connectivity index (χ0v) is 10.2.